The SMILES string of the molecule is CC(=O)N1CCC(C(C)(C)C)c2cc(Oc3cccc(Cl)c3)ccc21. The molecule has 3 rings (SSSR count). The topological polar surface area (TPSA) is 29.5 Å². The molecule has 0 N–H and O–H groups in total. The van der Waals surface area contributed by atoms with Crippen molar-refractivity contribution >= 4 is 23.2 Å². The Morgan fingerprint density at radius 2 is 1.88 bits per heavy atom. The van der Waals surface area contributed by atoms with E-state index >= 15 is 0 Å². The summed E-state index contributed by atoms with van der Waals surface area (Å²) in [6.45, 7) is 9.12. The van der Waals surface area contributed by atoms with E-state index in [1.165, 1.54) is 5.56 Å². The summed E-state index contributed by atoms with van der Waals surface area (Å²) in [6, 6.07) is 13.3. The van der Waals surface area contributed by atoms with Crippen LogP contribution in [0.15, 0.2) is 42.5 Å². The lowest BCUT2D eigenvalue weighted by molar-refractivity contribution is -0.116. The van der Waals surface area contributed by atoms with Crippen LogP contribution in [0, 0.1) is 5.41 Å². The summed E-state index contributed by atoms with van der Waals surface area (Å²) in [7, 11) is 0. The van der Waals surface area contributed by atoms with Gasteiger partial charge in [-0.2, -0.15) is 0 Å². The molecule has 25 heavy (non-hydrogen) atoms. The maximum atomic E-state index is 12.0. The van der Waals surface area contributed by atoms with Crippen LogP contribution in [0.4, 0.5) is 5.69 Å². The van der Waals surface area contributed by atoms with Gasteiger partial charge < -0.3 is 9.64 Å². The molecule has 132 valence electrons. The Morgan fingerprint density at radius 3 is 2.52 bits per heavy atom. The molecule has 0 bridgehead atoms. The number of benzene rings is 2. The maximum Gasteiger partial charge on any atom is 0.223 e. The minimum Gasteiger partial charge on any atom is -0.457 e. The monoisotopic (exact) mass is 357 g/mol. The first-order valence-electron chi connectivity index (χ1n) is 8.61. The lowest BCUT2D eigenvalue weighted by Gasteiger charge is -2.40. The molecule has 4 heteroatoms. The molecule has 0 aromatic heterocycles. The molecule has 0 saturated carbocycles. The summed E-state index contributed by atoms with van der Waals surface area (Å²) in [6.07, 6.45) is 0.955. The number of hydrogen-bond donors (Lipinski definition) is 0. The number of hydrogen-bond acceptors (Lipinski definition) is 2. The summed E-state index contributed by atoms with van der Waals surface area (Å²) < 4.78 is 5.99. The van der Waals surface area contributed by atoms with Gasteiger partial charge in [0.25, 0.3) is 0 Å². The molecule has 1 amide bonds. The molecule has 1 atom stereocenters. The smallest absolute Gasteiger partial charge is 0.223 e. The normalized spacial score (nSPS) is 17.2. The lowest BCUT2D eigenvalue weighted by Crippen LogP contribution is -2.37. The number of rotatable bonds is 2. The van der Waals surface area contributed by atoms with E-state index < -0.39 is 0 Å². The van der Waals surface area contributed by atoms with Gasteiger partial charge in [-0.1, -0.05) is 38.4 Å². The van der Waals surface area contributed by atoms with Gasteiger partial charge in [-0.05, 0) is 59.7 Å². The van der Waals surface area contributed by atoms with Crippen molar-refractivity contribution < 1.29 is 9.53 Å². The van der Waals surface area contributed by atoms with Gasteiger partial charge in [-0.15, -0.1) is 0 Å². The molecular formula is C21H24ClNO2. The van der Waals surface area contributed by atoms with Crippen LogP contribution in [0.1, 0.15) is 45.6 Å². The van der Waals surface area contributed by atoms with Gasteiger partial charge in [0, 0.05) is 24.2 Å². The molecule has 0 aliphatic carbocycles. The Morgan fingerprint density at radius 1 is 1.16 bits per heavy atom. The highest BCUT2D eigenvalue weighted by atomic mass is 35.5. The molecular weight excluding hydrogens is 334 g/mol. The zero-order valence-electron chi connectivity index (χ0n) is 15.2. The van der Waals surface area contributed by atoms with E-state index in [2.05, 4.69) is 26.8 Å². The number of nitrogens with zero attached hydrogens (tertiary/aromatic N) is 1. The molecule has 0 radical (unpaired) electrons. The second-order valence-electron chi connectivity index (χ2n) is 7.66. The molecule has 1 aliphatic heterocycles. The first-order chi connectivity index (χ1) is 11.8. The summed E-state index contributed by atoms with van der Waals surface area (Å²) in [5.41, 5.74) is 2.29. The zero-order chi connectivity index (χ0) is 18.2. The molecule has 2 aromatic carbocycles. The number of fused-ring (bicyclic) bond motifs is 1. The highest BCUT2D eigenvalue weighted by Crippen LogP contribution is 2.46. The molecule has 0 fully saturated rings. The van der Waals surface area contributed by atoms with Crippen LogP contribution in [0.25, 0.3) is 0 Å². The van der Waals surface area contributed by atoms with Crippen molar-refractivity contribution in [1.29, 1.82) is 0 Å². The second-order valence-corrected chi connectivity index (χ2v) is 8.09. The summed E-state index contributed by atoms with van der Waals surface area (Å²) >= 11 is 6.04. The zero-order valence-corrected chi connectivity index (χ0v) is 15.9. The highest BCUT2D eigenvalue weighted by molar-refractivity contribution is 6.30. The van der Waals surface area contributed by atoms with Gasteiger partial charge in [0.15, 0.2) is 0 Å². The molecule has 0 saturated heterocycles. The summed E-state index contributed by atoms with van der Waals surface area (Å²) in [5.74, 6) is 1.93. The molecule has 1 unspecified atom stereocenters. The van der Waals surface area contributed by atoms with Crippen molar-refractivity contribution in [3.05, 3.63) is 53.1 Å². The second kappa shape index (κ2) is 6.72. The van der Waals surface area contributed by atoms with Crippen LogP contribution in [0.2, 0.25) is 5.02 Å². The highest BCUT2D eigenvalue weighted by Gasteiger charge is 2.34. The maximum absolute atomic E-state index is 12.0. The van der Waals surface area contributed by atoms with Crippen LogP contribution in [0.5, 0.6) is 11.5 Å². The number of carbonyl (C=O) groups is 1. The van der Waals surface area contributed by atoms with Gasteiger partial charge >= 0.3 is 0 Å². The van der Waals surface area contributed by atoms with Crippen LogP contribution < -0.4 is 9.64 Å². The van der Waals surface area contributed by atoms with Crippen molar-refractivity contribution in [3.8, 4) is 11.5 Å². The third-order valence-electron chi connectivity index (χ3n) is 4.76. The van der Waals surface area contributed by atoms with E-state index in [-0.39, 0.29) is 11.3 Å². The van der Waals surface area contributed by atoms with Crippen molar-refractivity contribution in [2.75, 3.05) is 11.4 Å². The molecule has 3 nitrogen and oxygen atoms in total. The number of anilines is 1. The van der Waals surface area contributed by atoms with Crippen LogP contribution in [0.3, 0.4) is 0 Å². The third-order valence-corrected chi connectivity index (χ3v) is 5.00. The number of carbonyl (C=O) groups excluding carboxylic acids is 1. The van der Waals surface area contributed by atoms with E-state index in [0.29, 0.717) is 16.7 Å². The molecule has 1 aliphatic rings. The van der Waals surface area contributed by atoms with Gasteiger partial charge in [0.05, 0.1) is 0 Å². The predicted octanol–water partition coefficient (Wildman–Crippen LogP) is 6.02. The summed E-state index contributed by atoms with van der Waals surface area (Å²) in [5, 5.41) is 0.644. The lowest BCUT2D eigenvalue weighted by atomic mass is 9.72. The minimum absolute atomic E-state index is 0.0807. The van der Waals surface area contributed by atoms with E-state index in [1.54, 1.807) is 13.0 Å². The van der Waals surface area contributed by atoms with E-state index in [1.807, 2.05) is 35.2 Å². The quantitative estimate of drug-likeness (QED) is 0.657. The summed E-state index contributed by atoms with van der Waals surface area (Å²) in [4.78, 5) is 13.9. The van der Waals surface area contributed by atoms with Crippen LogP contribution in [-0.2, 0) is 4.79 Å². The fourth-order valence-corrected chi connectivity index (χ4v) is 3.73. The van der Waals surface area contributed by atoms with Crippen LogP contribution >= 0.6 is 11.6 Å². The van der Waals surface area contributed by atoms with Crippen molar-refractivity contribution in [3.63, 3.8) is 0 Å². The number of halogens is 1. The van der Waals surface area contributed by atoms with E-state index in [9.17, 15) is 4.79 Å². The number of ether oxygens (including phenoxy) is 1. The Bertz CT molecular complexity index is 795. The standard InChI is InChI=1S/C21H24ClNO2/c1-14(24)23-11-10-19(21(2,3)4)18-13-17(8-9-20(18)23)25-16-7-5-6-15(22)12-16/h5-9,12-13,19H,10-11H2,1-4H3. The van der Waals surface area contributed by atoms with Gasteiger partial charge in [-0.3, -0.25) is 4.79 Å². The van der Waals surface area contributed by atoms with Gasteiger partial charge in [0.1, 0.15) is 11.5 Å². The molecule has 0 spiro atoms. The number of amides is 1. The Balaban J connectivity index is 2.00. The fraction of sp³-hybridized carbons (Fsp3) is 0.381. The molecule has 1 heterocycles. The third kappa shape index (κ3) is 3.82. The van der Waals surface area contributed by atoms with Crippen molar-refractivity contribution in [2.24, 2.45) is 5.41 Å². The first kappa shape index (κ1) is 17.8. The van der Waals surface area contributed by atoms with E-state index in [4.69, 9.17) is 16.3 Å². The predicted molar refractivity (Wildman–Crippen MR) is 103 cm³/mol. The van der Waals surface area contributed by atoms with E-state index in [0.717, 1.165) is 24.4 Å². The van der Waals surface area contributed by atoms with Gasteiger partial charge in [0.2, 0.25) is 5.91 Å². The fourth-order valence-electron chi connectivity index (χ4n) is 3.55. The first-order valence-corrected chi connectivity index (χ1v) is 8.99. The van der Waals surface area contributed by atoms with Crippen LogP contribution in [-0.4, -0.2) is 12.5 Å². The average Bonchev–Trinajstić information content (AvgIpc) is 2.52. The largest absolute Gasteiger partial charge is 0.457 e. The Kier molecular flexibility index (Phi) is 4.79. The van der Waals surface area contributed by atoms with Crippen molar-refractivity contribution in [2.45, 2.75) is 40.0 Å². The average molecular weight is 358 g/mol. The van der Waals surface area contributed by atoms with Gasteiger partial charge in [-0.25, -0.2) is 0 Å². The molecule has 2 aromatic rings. The Labute approximate surface area is 154 Å². The van der Waals surface area contributed by atoms with Crippen molar-refractivity contribution in [1.82, 2.24) is 0 Å². The Hall–Kier alpha value is -2.00. The minimum atomic E-state index is 0.0807.